The van der Waals surface area contributed by atoms with E-state index in [2.05, 4.69) is 5.10 Å². The lowest BCUT2D eigenvalue weighted by Crippen LogP contribution is -2.43. The topological polar surface area (TPSA) is 75.4 Å². The molecule has 2 atom stereocenters. The summed E-state index contributed by atoms with van der Waals surface area (Å²) in [5.41, 5.74) is 0. The predicted molar refractivity (Wildman–Crippen MR) is 73.1 cm³/mol. The molecule has 0 saturated carbocycles. The average molecular weight is 279 g/mol. The lowest BCUT2D eigenvalue weighted by Gasteiger charge is -2.34. The van der Waals surface area contributed by atoms with Crippen LogP contribution in [0.25, 0.3) is 0 Å². The van der Waals surface area contributed by atoms with Gasteiger partial charge in [0.2, 0.25) is 5.91 Å². The number of carbonyl (C=O) groups is 2. The maximum atomic E-state index is 12.4. The van der Waals surface area contributed by atoms with Crippen molar-refractivity contribution in [2.45, 2.75) is 38.6 Å². The average Bonchev–Trinajstić information content (AvgIpc) is 2.98. The number of hydrogen-bond acceptors (Lipinski definition) is 3. The van der Waals surface area contributed by atoms with Gasteiger partial charge in [0, 0.05) is 31.9 Å². The molecule has 0 aromatic carbocycles. The van der Waals surface area contributed by atoms with E-state index >= 15 is 0 Å². The largest absolute Gasteiger partial charge is 0.481 e. The van der Waals surface area contributed by atoms with Gasteiger partial charge in [0.25, 0.3) is 0 Å². The van der Waals surface area contributed by atoms with Gasteiger partial charge in [-0.3, -0.25) is 14.3 Å². The van der Waals surface area contributed by atoms with Crippen molar-refractivity contribution in [3.05, 3.63) is 18.5 Å². The van der Waals surface area contributed by atoms with E-state index in [4.69, 9.17) is 5.11 Å². The van der Waals surface area contributed by atoms with Crippen molar-refractivity contribution in [2.75, 3.05) is 13.1 Å². The van der Waals surface area contributed by atoms with E-state index in [9.17, 15) is 9.59 Å². The number of likely N-dealkylation sites (tertiary alicyclic amines) is 1. The van der Waals surface area contributed by atoms with Crippen LogP contribution in [0.5, 0.6) is 0 Å². The number of aliphatic carboxylic acids is 1. The van der Waals surface area contributed by atoms with E-state index in [0.29, 0.717) is 18.9 Å². The highest BCUT2D eigenvalue weighted by Crippen LogP contribution is 2.23. The summed E-state index contributed by atoms with van der Waals surface area (Å²) in [7, 11) is 0. The highest BCUT2D eigenvalue weighted by Gasteiger charge is 2.27. The van der Waals surface area contributed by atoms with Gasteiger partial charge in [-0.2, -0.15) is 5.10 Å². The number of carboxylic acids is 1. The van der Waals surface area contributed by atoms with Gasteiger partial charge in [-0.05, 0) is 38.2 Å². The Kier molecular flexibility index (Phi) is 4.76. The molecule has 1 N–H and O–H groups in total. The fourth-order valence-electron chi connectivity index (χ4n) is 2.72. The van der Waals surface area contributed by atoms with Crippen molar-refractivity contribution in [3.63, 3.8) is 0 Å². The highest BCUT2D eigenvalue weighted by molar-refractivity contribution is 5.80. The maximum absolute atomic E-state index is 12.4. The smallest absolute Gasteiger partial charge is 0.303 e. The first-order valence-electron chi connectivity index (χ1n) is 7.07. The van der Waals surface area contributed by atoms with Crippen LogP contribution in [0.1, 0.15) is 38.6 Å². The second kappa shape index (κ2) is 6.54. The summed E-state index contributed by atoms with van der Waals surface area (Å²) in [5, 5.41) is 12.8. The molecule has 1 saturated heterocycles. The molecule has 0 radical (unpaired) electrons. The van der Waals surface area contributed by atoms with Gasteiger partial charge in [0.05, 0.1) is 0 Å². The zero-order valence-electron chi connectivity index (χ0n) is 11.7. The summed E-state index contributed by atoms with van der Waals surface area (Å²) >= 11 is 0. The Morgan fingerprint density at radius 1 is 1.50 bits per heavy atom. The number of amides is 1. The van der Waals surface area contributed by atoms with Crippen LogP contribution in [0.2, 0.25) is 0 Å². The van der Waals surface area contributed by atoms with E-state index < -0.39 is 5.97 Å². The zero-order valence-corrected chi connectivity index (χ0v) is 11.7. The molecule has 1 amide bonds. The van der Waals surface area contributed by atoms with Gasteiger partial charge < -0.3 is 10.0 Å². The standard InChI is InChI=1S/C14H21N3O3/c1-11(17-9-3-7-15-17)14(20)16-8-2-4-12(10-16)5-6-13(18)19/h3,7,9,11-12H,2,4-6,8,10H2,1H3,(H,18,19). The van der Waals surface area contributed by atoms with Crippen LogP contribution < -0.4 is 0 Å². The molecule has 20 heavy (non-hydrogen) atoms. The molecule has 1 aliphatic heterocycles. The monoisotopic (exact) mass is 279 g/mol. The minimum absolute atomic E-state index is 0.0636. The number of carbonyl (C=O) groups excluding carboxylic acids is 1. The molecular weight excluding hydrogens is 258 g/mol. The number of nitrogens with zero attached hydrogens (tertiary/aromatic N) is 3. The predicted octanol–water partition coefficient (Wildman–Crippen LogP) is 1.55. The van der Waals surface area contributed by atoms with Crippen LogP contribution in [0.15, 0.2) is 18.5 Å². The highest BCUT2D eigenvalue weighted by atomic mass is 16.4. The van der Waals surface area contributed by atoms with Gasteiger partial charge in [-0.1, -0.05) is 0 Å². The molecule has 0 bridgehead atoms. The van der Waals surface area contributed by atoms with Gasteiger partial charge in [-0.15, -0.1) is 0 Å². The molecule has 0 aliphatic carbocycles. The van der Waals surface area contributed by atoms with Gasteiger partial charge in [0.15, 0.2) is 0 Å². The Morgan fingerprint density at radius 3 is 2.95 bits per heavy atom. The molecule has 6 nitrogen and oxygen atoms in total. The molecule has 1 aliphatic rings. The zero-order chi connectivity index (χ0) is 14.5. The number of hydrogen-bond donors (Lipinski definition) is 1. The first kappa shape index (κ1) is 14.6. The molecule has 0 spiro atoms. The second-order valence-electron chi connectivity index (χ2n) is 5.39. The molecule has 6 heteroatoms. The number of carboxylic acid groups (broad SMARTS) is 1. The minimum Gasteiger partial charge on any atom is -0.481 e. The van der Waals surface area contributed by atoms with Crippen LogP contribution in [-0.4, -0.2) is 44.8 Å². The summed E-state index contributed by atoms with van der Waals surface area (Å²) < 4.78 is 1.66. The van der Waals surface area contributed by atoms with E-state index in [0.717, 1.165) is 19.4 Å². The molecule has 2 unspecified atom stereocenters. The first-order chi connectivity index (χ1) is 9.58. The Labute approximate surface area is 118 Å². The summed E-state index contributed by atoms with van der Waals surface area (Å²) in [6, 6.07) is 1.50. The molecular formula is C14H21N3O3. The summed E-state index contributed by atoms with van der Waals surface area (Å²) in [5.74, 6) is -0.402. The van der Waals surface area contributed by atoms with E-state index in [1.807, 2.05) is 11.8 Å². The third-order valence-corrected chi connectivity index (χ3v) is 3.88. The van der Waals surface area contributed by atoms with Gasteiger partial charge >= 0.3 is 5.97 Å². The Bertz CT molecular complexity index is 458. The molecule has 2 heterocycles. The van der Waals surface area contributed by atoms with Crippen molar-refractivity contribution < 1.29 is 14.7 Å². The normalized spacial score (nSPS) is 20.6. The summed E-state index contributed by atoms with van der Waals surface area (Å²) in [4.78, 5) is 24.9. The van der Waals surface area contributed by atoms with Crippen LogP contribution in [-0.2, 0) is 9.59 Å². The lowest BCUT2D eigenvalue weighted by atomic mass is 9.93. The van der Waals surface area contributed by atoms with Gasteiger partial charge in [0.1, 0.15) is 6.04 Å². The van der Waals surface area contributed by atoms with Crippen LogP contribution in [0, 0.1) is 5.92 Å². The number of rotatable bonds is 5. The first-order valence-corrected chi connectivity index (χ1v) is 7.07. The van der Waals surface area contributed by atoms with Crippen LogP contribution in [0.4, 0.5) is 0 Å². The van der Waals surface area contributed by atoms with Crippen LogP contribution >= 0.6 is 0 Å². The van der Waals surface area contributed by atoms with E-state index in [1.54, 1.807) is 23.1 Å². The van der Waals surface area contributed by atoms with Crippen molar-refractivity contribution in [3.8, 4) is 0 Å². The lowest BCUT2D eigenvalue weighted by molar-refractivity contribution is -0.137. The van der Waals surface area contributed by atoms with Crippen molar-refractivity contribution >= 4 is 11.9 Å². The van der Waals surface area contributed by atoms with Crippen LogP contribution in [0.3, 0.4) is 0 Å². The molecule has 1 aromatic heterocycles. The third-order valence-electron chi connectivity index (χ3n) is 3.88. The fraction of sp³-hybridized carbons (Fsp3) is 0.643. The van der Waals surface area contributed by atoms with Crippen molar-refractivity contribution in [1.82, 2.24) is 14.7 Å². The van der Waals surface area contributed by atoms with E-state index in [-0.39, 0.29) is 18.4 Å². The molecule has 110 valence electrons. The minimum atomic E-state index is -0.765. The fourth-order valence-corrected chi connectivity index (χ4v) is 2.72. The summed E-state index contributed by atoms with van der Waals surface area (Å²) in [6.07, 6.45) is 6.23. The molecule has 2 rings (SSSR count). The Hall–Kier alpha value is -1.85. The number of aromatic nitrogens is 2. The Balaban J connectivity index is 1.91. The van der Waals surface area contributed by atoms with Gasteiger partial charge in [-0.25, -0.2) is 0 Å². The van der Waals surface area contributed by atoms with Crippen molar-refractivity contribution in [2.24, 2.45) is 5.92 Å². The number of piperidine rings is 1. The quantitative estimate of drug-likeness (QED) is 0.887. The molecule has 1 aromatic rings. The summed E-state index contributed by atoms with van der Waals surface area (Å²) in [6.45, 7) is 3.27. The van der Waals surface area contributed by atoms with E-state index in [1.165, 1.54) is 0 Å². The SMILES string of the molecule is CC(C(=O)N1CCCC(CCC(=O)O)C1)n1cccn1. The second-order valence-corrected chi connectivity index (χ2v) is 5.39. The maximum Gasteiger partial charge on any atom is 0.303 e. The molecule has 1 fully saturated rings. The Morgan fingerprint density at radius 2 is 2.30 bits per heavy atom. The van der Waals surface area contributed by atoms with Crippen molar-refractivity contribution in [1.29, 1.82) is 0 Å². The third kappa shape index (κ3) is 3.59.